The maximum absolute atomic E-state index is 11.0. The van der Waals surface area contributed by atoms with Crippen molar-refractivity contribution in [1.82, 2.24) is 4.98 Å². The number of methoxy groups -OCH3 is 1. The van der Waals surface area contributed by atoms with Gasteiger partial charge in [0.1, 0.15) is 5.82 Å². The predicted octanol–water partition coefficient (Wildman–Crippen LogP) is 1.69. The first-order chi connectivity index (χ1) is 8.95. The van der Waals surface area contributed by atoms with Gasteiger partial charge in [0.05, 0.1) is 18.1 Å². The number of pyridine rings is 1. The summed E-state index contributed by atoms with van der Waals surface area (Å²) < 4.78 is 4.54. The minimum absolute atomic E-state index is 0.0461. The van der Waals surface area contributed by atoms with Crippen LogP contribution in [-0.2, 0) is 9.53 Å². The van der Waals surface area contributed by atoms with E-state index in [2.05, 4.69) is 9.72 Å². The fourth-order valence-electron chi connectivity index (χ4n) is 1.59. The lowest BCUT2D eigenvalue weighted by Gasteiger charge is -2.17. The van der Waals surface area contributed by atoms with E-state index in [1.54, 1.807) is 18.9 Å². The third kappa shape index (κ3) is 4.20. The van der Waals surface area contributed by atoms with Crippen molar-refractivity contribution in [3.63, 3.8) is 0 Å². The summed E-state index contributed by atoms with van der Waals surface area (Å²) in [4.78, 5) is 27.3. The molecule has 7 nitrogen and oxygen atoms in total. The number of carbonyl (C=O) groups excluding carboxylic acids is 1. The molecule has 1 aromatic rings. The molecule has 0 spiro atoms. The highest BCUT2D eigenvalue weighted by molar-refractivity contribution is 5.69. The molecule has 0 saturated carbocycles. The second-order valence-electron chi connectivity index (χ2n) is 4.19. The van der Waals surface area contributed by atoms with Crippen LogP contribution in [0.1, 0.15) is 18.4 Å². The molecule has 1 heterocycles. The number of anilines is 1. The maximum atomic E-state index is 11.0. The summed E-state index contributed by atoms with van der Waals surface area (Å²) in [6.07, 6.45) is 2.39. The largest absolute Gasteiger partial charge is 0.469 e. The molecule has 7 heteroatoms. The molecule has 1 aromatic heterocycles. The molecule has 0 aromatic carbocycles. The van der Waals surface area contributed by atoms with Crippen molar-refractivity contribution in [3.05, 3.63) is 27.9 Å². The molecule has 0 aliphatic heterocycles. The zero-order chi connectivity index (χ0) is 14.4. The molecule has 0 atom stereocenters. The third-order valence-corrected chi connectivity index (χ3v) is 2.75. The van der Waals surface area contributed by atoms with Gasteiger partial charge < -0.3 is 9.64 Å². The smallest absolute Gasteiger partial charge is 0.305 e. The Morgan fingerprint density at radius 1 is 1.58 bits per heavy atom. The molecular weight excluding hydrogens is 250 g/mol. The SMILES string of the molecule is COC(=O)CCCN(C)c1cc([N+](=O)[O-])c(C)cn1. The van der Waals surface area contributed by atoms with Gasteiger partial charge in [-0.3, -0.25) is 14.9 Å². The third-order valence-electron chi connectivity index (χ3n) is 2.75. The first kappa shape index (κ1) is 14.9. The molecular formula is C12H17N3O4. The highest BCUT2D eigenvalue weighted by Crippen LogP contribution is 2.21. The van der Waals surface area contributed by atoms with E-state index in [0.717, 1.165) is 0 Å². The zero-order valence-corrected chi connectivity index (χ0v) is 11.3. The Bertz CT molecular complexity index is 476. The second-order valence-corrected chi connectivity index (χ2v) is 4.19. The molecule has 0 bridgehead atoms. The topological polar surface area (TPSA) is 85.6 Å². The lowest BCUT2D eigenvalue weighted by atomic mass is 10.2. The van der Waals surface area contributed by atoms with Crippen LogP contribution in [-0.4, -0.2) is 36.6 Å². The highest BCUT2D eigenvalue weighted by Gasteiger charge is 2.14. The molecule has 0 fully saturated rings. The van der Waals surface area contributed by atoms with Crippen LogP contribution >= 0.6 is 0 Å². The van der Waals surface area contributed by atoms with Crippen LogP contribution in [0.3, 0.4) is 0 Å². The van der Waals surface area contributed by atoms with E-state index in [9.17, 15) is 14.9 Å². The molecule has 0 amide bonds. The van der Waals surface area contributed by atoms with Crippen LogP contribution in [0.2, 0.25) is 0 Å². The number of aryl methyl sites for hydroxylation is 1. The van der Waals surface area contributed by atoms with Crippen LogP contribution in [0.25, 0.3) is 0 Å². The van der Waals surface area contributed by atoms with Crippen molar-refractivity contribution in [2.24, 2.45) is 0 Å². The van der Waals surface area contributed by atoms with Crippen LogP contribution < -0.4 is 4.90 Å². The summed E-state index contributed by atoms with van der Waals surface area (Å²) in [7, 11) is 3.12. The number of rotatable bonds is 6. The Labute approximate surface area is 111 Å². The molecule has 0 aliphatic rings. The molecule has 0 radical (unpaired) electrons. The van der Waals surface area contributed by atoms with Crippen molar-refractivity contribution in [1.29, 1.82) is 0 Å². The van der Waals surface area contributed by atoms with Gasteiger partial charge in [0.2, 0.25) is 0 Å². The van der Waals surface area contributed by atoms with Gasteiger partial charge in [0, 0.05) is 31.8 Å². The maximum Gasteiger partial charge on any atom is 0.305 e. The Hall–Kier alpha value is -2.18. The lowest BCUT2D eigenvalue weighted by molar-refractivity contribution is -0.385. The average Bonchev–Trinajstić information content (AvgIpc) is 2.38. The average molecular weight is 267 g/mol. The Kier molecular flexibility index (Phi) is 5.23. The van der Waals surface area contributed by atoms with Crippen LogP contribution in [0, 0.1) is 17.0 Å². The number of hydrogen-bond acceptors (Lipinski definition) is 6. The normalized spacial score (nSPS) is 10.1. The first-order valence-corrected chi connectivity index (χ1v) is 5.84. The highest BCUT2D eigenvalue weighted by atomic mass is 16.6. The Morgan fingerprint density at radius 3 is 2.84 bits per heavy atom. The van der Waals surface area contributed by atoms with Gasteiger partial charge in [0.15, 0.2) is 0 Å². The van der Waals surface area contributed by atoms with Crippen LogP contribution in [0.5, 0.6) is 0 Å². The van der Waals surface area contributed by atoms with Crippen molar-refractivity contribution >= 4 is 17.5 Å². The molecule has 0 unspecified atom stereocenters. The Balaban J connectivity index is 2.67. The summed E-state index contributed by atoms with van der Waals surface area (Å²) in [6.45, 7) is 2.22. The van der Waals surface area contributed by atoms with Crippen molar-refractivity contribution in [2.45, 2.75) is 19.8 Å². The molecule has 1 rings (SSSR count). The van der Waals surface area contributed by atoms with Crippen LogP contribution in [0.4, 0.5) is 11.5 Å². The summed E-state index contributed by atoms with van der Waals surface area (Å²) in [5.41, 5.74) is 0.571. The number of carbonyl (C=O) groups is 1. The van der Waals surface area contributed by atoms with Gasteiger partial charge in [-0.2, -0.15) is 0 Å². The molecule has 0 aliphatic carbocycles. The molecule has 19 heavy (non-hydrogen) atoms. The fraction of sp³-hybridized carbons (Fsp3) is 0.500. The van der Waals surface area contributed by atoms with Gasteiger partial charge in [0.25, 0.3) is 5.69 Å². The van der Waals surface area contributed by atoms with Gasteiger partial charge in [-0.1, -0.05) is 0 Å². The van der Waals surface area contributed by atoms with Gasteiger partial charge in [-0.05, 0) is 13.3 Å². The molecule has 0 saturated heterocycles. The van der Waals surface area contributed by atoms with Gasteiger partial charge in [-0.25, -0.2) is 4.98 Å². The van der Waals surface area contributed by atoms with E-state index >= 15 is 0 Å². The van der Waals surface area contributed by atoms with Gasteiger partial charge in [-0.15, -0.1) is 0 Å². The number of esters is 1. The van der Waals surface area contributed by atoms with E-state index in [4.69, 9.17) is 0 Å². The van der Waals surface area contributed by atoms with E-state index in [1.165, 1.54) is 19.4 Å². The summed E-state index contributed by atoms with van der Waals surface area (Å²) in [5, 5.41) is 10.8. The number of ether oxygens (including phenoxy) is 1. The number of hydrogen-bond donors (Lipinski definition) is 0. The lowest BCUT2D eigenvalue weighted by Crippen LogP contribution is -2.20. The van der Waals surface area contributed by atoms with Gasteiger partial charge >= 0.3 is 5.97 Å². The first-order valence-electron chi connectivity index (χ1n) is 5.84. The summed E-state index contributed by atoms with van der Waals surface area (Å²) >= 11 is 0. The van der Waals surface area contributed by atoms with E-state index in [1.807, 2.05) is 0 Å². The molecule has 104 valence electrons. The monoisotopic (exact) mass is 267 g/mol. The summed E-state index contributed by atoms with van der Waals surface area (Å²) in [6, 6.07) is 1.44. The van der Waals surface area contributed by atoms with E-state index in [0.29, 0.717) is 30.8 Å². The van der Waals surface area contributed by atoms with Crippen molar-refractivity contribution < 1.29 is 14.5 Å². The standard InChI is InChI=1S/C12H17N3O4/c1-9-8-13-11(7-10(9)15(17)18)14(2)6-4-5-12(16)19-3/h7-8H,4-6H2,1-3H3. The van der Waals surface area contributed by atoms with Crippen molar-refractivity contribution in [3.8, 4) is 0 Å². The quantitative estimate of drug-likeness (QED) is 0.443. The fourth-order valence-corrected chi connectivity index (χ4v) is 1.59. The van der Waals surface area contributed by atoms with E-state index < -0.39 is 4.92 Å². The zero-order valence-electron chi connectivity index (χ0n) is 11.3. The number of nitro groups is 1. The Morgan fingerprint density at radius 2 is 2.26 bits per heavy atom. The minimum atomic E-state index is -0.428. The minimum Gasteiger partial charge on any atom is -0.469 e. The number of aromatic nitrogens is 1. The molecule has 0 N–H and O–H groups in total. The van der Waals surface area contributed by atoms with E-state index in [-0.39, 0.29) is 11.7 Å². The van der Waals surface area contributed by atoms with Crippen molar-refractivity contribution in [2.75, 3.05) is 25.6 Å². The second kappa shape index (κ2) is 6.67. The number of nitrogens with zero attached hydrogens (tertiary/aromatic N) is 3. The predicted molar refractivity (Wildman–Crippen MR) is 70.1 cm³/mol. The van der Waals surface area contributed by atoms with Crippen LogP contribution in [0.15, 0.2) is 12.3 Å². The summed E-state index contributed by atoms with van der Waals surface area (Å²) in [5.74, 6) is 0.249.